The van der Waals surface area contributed by atoms with Gasteiger partial charge in [-0.15, -0.1) is 0 Å². The van der Waals surface area contributed by atoms with E-state index in [1.54, 1.807) is 0 Å². The first-order chi connectivity index (χ1) is 9.47. The van der Waals surface area contributed by atoms with E-state index in [2.05, 4.69) is 12.6 Å². The predicted molar refractivity (Wildman–Crippen MR) is 82.0 cm³/mol. The number of amides is 2. The number of rotatable bonds is 7. The third-order valence-electron chi connectivity index (χ3n) is 3.05. The molecule has 114 valence electrons. The van der Waals surface area contributed by atoms with Crippen LogP contribution in [0.5, 0.6) is 0 Å². The second kappa shape index (κ2) is 8.56. The Labute approximate surface area is 129 Å². The third-order valence-corrected chi connectivity index (χ3v) is 4.39. The molecule has 1 rings (SSSR count). The van der Waals surface area contributed by atoms with E-state index < -0.39 is 6.09 Å². The first-order valence-electron chi connectivity index (χ1n) is 6.72. The fourth-order valence-electron chi connectivity index (χ4n) is 1.87. The van der Waals surface area contributed by atoms with Crippen molar-refractivity contribution in [2.45, 2.75) is 39.2 Å². The van der Waals surface area contributed by atoms with E-state index in [9.17, 15) is 14.4 Å². The van der Waals surface area contributed by atoms with Crippen LogP contribution < -0.4 is 0 Å². The Morgan fingerprint density at radius 2 is 2.15 bits per heavy atom. The van der Waals surface area contributed by atoms with Gasteiger partial charge >= 0.3 is 6.09 Å². The Bertz CT molecular complexity index is 373. The lowest BCUT2D eigenvalue weighted by atomic mass is 10.0. The molecule has 2 amide bonds. The highest BCUT2D eigenvalue weighted by molar-refractivity contribution is 8.13. The molecule has 0 aromatic heterocycles. The molecular weight excluding hydrogens is 298 g/mol. The highest BCUT2D eigenvalue weighted by atomic mass is 32.2. The Kier molecular flexibility index (Phi) is 7.43. The van der Waals surface area contributed by atoms with Crippen molar-refractivity contribution in [1.82, 2.24) is 4.90 Å². The summed E-state index contributed by atoms with van der Waals surface area (Å²) in [5.74, 6) is 1.28. The first-order valence-corrected chi connectivity index (χ1v) is 8.34. The Hall–Kier alpha value is -0.690. The van der Waals surface area contributed by atoms with E-state index >= 15 is 0 Å². The van der Waals surface area contributed by atoms with Gasteiger partial charge < -0.3 is 4.74 Å². The molecule has 1 atom stereocenters. The van der Waals surface area contributed by atoms with Crippen LogP contribution in [-0.2, 0) is 14.3 Å². The van der Waals surface area contributed by atoms with E-state index in [0.29, 0.717) is 0 Å². The highest BCUT2D eigenvalue weighted by Crippen LogP contribution is 2.21. The molecular formula is C13H21NO4S2. The third kappa shape index (κ3) is 5.01. The summed E-state index contributed by atoms with van der Waals surface area (Å²) in [6.07, 6.45) is 0.487. The van der Waals surface area contributed by atoms with Gasteiger partial charge in [0.1, 0.15) is 6.61 Å². The number of imide groups is 1. The average molecular weight is 319 g/mol. The van der Waals surface area contributed by atoms with Gasteiger partial charge in [0.15, 0.2) is 5.12 Å². The summed E-state index contributed by atoms with van der Waals surface area (Å²) in [6, 6.07) is -0.220. The Balaban J connectivity index is 2.41. The Morgan fingerprint density at radius 1 is 1.45 bits per heavy atom. The molecule has 0 aromatic rings. The van der Waals surface area contributed by atoms with E-state index in [0.717, 1.165) is 22.8 Å². The van der Waals surface area contributed by atoms with Gasteiger partial charge in [0.05, 0.1) is 6.04 Å². The van der Waals surface area contributed by atoms with Crippen LogP contribution in [0.4, 0.5) is 4.79 Å². The van der Waals surface area contributed by atoms with Crippen LogP contribution in [0.3, 0.4) is 0 Å². The van der Waals surface area contributed by atoms with Crippen LogP contribution in [0.15, 0.2) is 0 Å². The van der Waals surface area contributed by atoms with Crippen LogP contribution in [0, 0.1) is 5.92 Å². The van der Waals surface area contributed by atoms with Gasteiger partial charge in [0, 0.05) is 18.6 Å². The van der Waals surface area contributed by atoms with Crippen molar-refractivity contribution < 1.29 is 19.1 Å². The van der Waals surface area contributed by atoms with Crippen LogP contribution in [0.25, 0.3) is 0 Å². The topological polar surface area (TPSA) is 63.7 Å². The van der Waals surface area contributed by atoms with Gasteiger partial charge in [-0.1, -0.05) is 25.6 Å². The molecule has 5 nitrogen and oxygen atoms in total. The zero-order valence-corrected chi connectivity index (χ0v) is 13.5. The van der Waals surface area contributed by atoms with Crippen LogP contribution >= 0.6 is 24.4 Å². The molecule has 7 heteroatoms. The SMILES string of the molecule is CC(C)[C@H]1COC(=O)N1C(=O)CCC(=O)SCCCS. The molecule has 0 N–H and O–H groups in total. The van der Waals surface area contributed by atoms with Crippen molar-refractivity contribution in [3.8, 4) is 0 Å². The van der Waals surface area contributed by atoms with Crippen molar-refractivity contribution >= 4 is 41.5 Å². The predicted octanol–water partition coefficient (Wildman–Crippen LogP) is 2.35. The molecule has 1 saturated heterocycles. The molecule has 0 aromatic carbocycles. The largest absolute Gasteiger partial charge is 0.447 e. The number of carbonyl (C=O) groups is 3. The minimum Gasteiger partial charge on any atom is -0.447 e. The van der Waals surface area contributed by atoms with Crippen LogP contribution in [-0.4, -0.2) is 46.2 Å². The molecule has 0 unspecified atom stereocenters. The van der Waals surface area contributed by atoms with Crippen LogP contribution in [0.1, 0.15) is 33.1 Å². The lowest BCUT2D eigenvalue weighted by Gasteiger charge is -2.22. The fraction of sp³-hybridized carbons (Fsp3) is 0.769. The molecule has 1 aliphatic rings. The second-order valence-corrected chi connectivity index (χ2v) is 6.55. The standard InChI is InChI=1S/C13H21NO4S2/c1-9(2)10-8-18-13(17)14(10)11(15)4-5-12(16)20-7-3-6-19/h9-10,19H,3-8H2,1-2H3/t10-/m1/s1. The lowest BCUT2D eigenvalue weighted by molar-refractivity contribution is -0.131. The molecule has 1 aliphatic heterocycles. The maximum atomic E-state index is 12.1. The highest BCUT2D eigenvalue weighted by Gasteiger charge is 2.39. The number of hydrogen-bond acceptors (Lipinski definition) is 6. The van der Waals surface area contributed by atoms with Gasteiger partial charge in [0.25, 0.3) is 0 Å². The zero-order valence-electron chi connectivity index (χ0n) is 11.8. The number of cyclic esters (lactones) is 1. The van der Waals surface area contributed by atoms with Gasteiger partial charge in [-0.3, -0.25) is 9.59 Å². The summed E-state index contributed by atoms with van der Waals surface area (Å²) < 4.78 is 4.91. The van der Waals surface area contributed by atoms with Gasteiger partial charge in [-0.25, -0.2) is 9.69 Å². The van der Waals surface area contributed by atoms with Crippen LogP contribution in [0.2, 0.25) is 0 Å². The lowest BCUT2D eigenvalue weighted by Crippen LogP contribution is -2.41. The minimum atomic E-state index is -0.594. The summed E-state index contributed by atoms with van der Waals surface area (Å²) in [6.45, 7) is 4.11. The normalized spacial score (nSPS) is 18.5. The number of carbonyl (C=O) groups excluding carboxylic acids is 3. The van der Waals surface area contributed by atoms with Gasteiger partial charge in [-0.05, 0) is 18.1 Å². The second-order valence-electron chi connectivity index (χ2n) is 4.95. The van der Waals surface area contributed by atoms with Crippen molar-refractivity contribution in [2.24, 2.45) is 5.92 Å². The summed E-state index contributed by atoms with van der Waals surface area (Å²) in [5.41, 5.74) is 0. The molecule has 0 aliphatic carbocycles. The number of hydrogen-bond donors (Lipinski definition) is 1. The van der Waals surface area contributed by atoms with Gasteiger partial charge in [-0.2, -0.15) is 12.6 Å². The monoisotopic (exact) mass is 319 g/mol. The maximum Gasteiger partial charge on any atom is 0.416 e. The van der Waals surface area contributed by atoms with E-state index in [-0.39, 0.29) is 42.4 Å². The molecule has 0 bridgehead atoms. The molecule has 0 radical (unpaired) electrons. The number of thiol groups is 1. The summed E-state index contributed by atoms with van der Waals surface area (Å²) in [4.78, 5) is 36.4. The number of ether oxygens (including phenoxy) is 1. The van der Waals surface area contributed by atoms with E-state index in [1.165, 1.54) is 11.8 Å². The average Bonchev–Trinajstić information content (AvgIpc) is 2.78. The summed E-state index contributed by atoms with van der Waals surface area (Å²) >= 11 is 5.29. The number of thioether (sulfide) groups is 1. The van der Waals surface area contributed by atoms with Crippen molar-refractivity contribution in [2.75, 3.05) is 18.1 Å². The fourth-order valence-corrected chi connectivity index (χ4v) is 3.00. The van der Waals surface area contributed by atoms with Crippen molar-refractivity contribution in [1.29, 1.82) is 0 Å². The smallest absolute Gasteiger partial charge is 0.416 e. The van der Waals surface area contributed by atoms with Crippen molar-refractivity contribution in [3.05, 3.63) is 0 Å². The molecule has 0 spiro atoms. The molecule has 1 heterocycles. The first kappa shape index (κ1) is 17.4. The maximum absolute atomic E-state index is 12.1. The Morgan fingerprint density at radius 3 is 2.75 bits per heavy atom. The molecule has 20 heavy (non-hydrogen) atoms. The van der Waals surface area contributed by atoms with Gasteiger partial charge in [0.2, 0.25) is 5.91 Å². The minimum absolute atomic E-state index is 0.0196. The van der Waals surface area contributed by atoms with Crippen molar-refractivity contribution in [3.63, 3.8) is 0 Å². The zero-order chi connectivity index (χ0) is 15.1. The summed E-state index contributed by atoms with van der Waals surface area (Å²) in [5, 5.41) is -0.0196. The summed E-state index contributed by atoms with van der Waals surface area (Å²) in [7, 11) is 0. The molecule has 1 fully saturated rings. The molecule has 0 saturated carbocycles. The van der Waals surface area contributed by atoms with E-state index in [1.807, 2.05) is 13.8 Å². The van der Waals surface area contributed by atoms with E-state index in [4.69, 9.17) is 4.74 Å². The number of nitrogens with zero attached hydrogens (tertiary/aromatic N) is 1. The quantitative estimate of drug-likeness (QED) is 0.576.